The van der Waals surface area contributed by atoms with Crippen molar-refractivity contribution in [1.29, 1.82) is 5.26 Å². The van der Waals surface area contributed by atoms with Crippen molar-refractivity contribution in [2.45, 2.75) is 26.2 Å². The molecule has 0 aliphatic heterocycles. The Morgan fingerprint density at radius 1 is 1.44 bits per heavy atom. The third-order valence-corrected chi connectivity index (χ3v) is 3.13. The molecule has 0 aromatic heterocycles. The van der Waals surface area contributed by atoms with Crippen LogP contribution >= 0.6 is 11.8 Å². The molecule has 0 aliphatic carbocycles. The van der Waals surface area contributed by atoms with E-state index >= 15 is 0 Å². The van der Waals surface area contributed by atoms with Crippen LogP contribution in [-0.2, 0) is 12.8 Å². The number of ether oxygens (including phenoxy) is 1. The molecule has 0 spiro atoms. The second-order valence-electron chi connectivity index (χ2n) is 3.54. The zero-order valence-electron chi connectivity index (χ0n) is 9.82. The van der Waals surface area contributed by atoms with Gasteiger partial charge < -0.3 is 4.74 Å². The highest BCUT2D eigenvalue weighted by Gasteiger charge is 2.03. The van der Waals surface area contributed by atoms with Gasteiger partial charge in [0.1, 0.15) is 11.2 Å². The number of nitriles is 1. The summed E-state index contributed by atoms with van der Waals surface area (Å²) in [5, 5.41) is 10.5. The summed E-state index contributed by atoms with van der Waals surface area (Å²) in [5.74, 6) is 1.84. The number of benzene rings is 1. The number of rotatable bonds is 6. The highest BCUT2D eigenvalue weighted by atomic mass is 32.2. The van der Waals surface area contributed by atoms with Crippen LogP contribution in [0.2, 0.25) is 0 Å². The highest BCUT2D eigenvalue weighted by molar-refractivity contribution is 8.03. The fourth-order valence-corrected chi connectivity index (χ4v) is 2.01. The molecule has 0 heterocycles. The molecule has 1 rings (SSSR count). The molecule has 3 heteroatoms. The minimum absolute atomic E-state index is 0.885. The molecular weight excluding hydrogens is 218 g/mol. The number of methoxy groups -OCH3 is 1. The van der Waals surface area contributed by atoms with Crippen molar-refractivity contribution >= 4 is 11.8 Å². The molecule has 0 saturated heterocycles. The SMILES string of the molecule is CCc1ccc(OC)c(CCCSC#N)c1. The average molecular weight is 235 g/mol. The van der Waals surface area contributed by atoms with E-state index in [4.69, 9.17) is 10.00 Å². The zero-order chi connectivity index (χ0) is 11.8. The van der Waals surface area contributed by atoms with Crippen LogP contribution in [0.5, 0.6) is 5.75 Å². The van der Waals surface area contributed by atoms with Gasteiger partial charge in [-0.2, -0.15) is 5.26 Å². The van der Waals surface area contributed by atoms with Crippen LogP contribution in [0.25, 0.3) is 0 Å². The molecule has 0 N–H and O–H groups in total. The van der Waals surface area contributed by atoms with E-state index < -0.39 is 0 Å². The molecule has 1 aromatic rings. The van der Waals surface area contributed by atoms with Gasteiger partial charge in [0.05, 0.1) is 7.11 Å². The lowest BCUT2D eigenvalue weighted by Crippen LogP contribution is -1.95. The summed E-state index contributed by atoms with van der Waals surface area (Å²) in [4.78, 5) is 0. The predicted molar refractivity (Wildman–Crippen MR) is 68.8 cm³/mol. The largest absolute Gasteiger partial charge is 0.496 e. The molecule has 1 aromatic carbocycles. The van der Waals surface area contributed by atoms with E-state index in [2.05, 4.69) is 24.5 Å². The summed E-state index contributed by atoms with van der Waals surface area (Å²) >= 11 is 1.32. The maximum Gasteiger partial charge on any atom is 0.133 e. The monoisotopic (exact) mass is 235 g/mol. The third kappa shape index (κ3) is 3.79. The Balaban J connectivity index is 2.64. The van der Waals surface area contributed by atoms with Gasteiger partial charge in [0.25, 0.3) is 0 Å². The van der Waals surface area contributed by atoms with Crippen molar-refractivity contribution in [3.8, 4) is 11.2 Å². The number of hydrogen-bond donors (Lipinski definition) is 0. The first-order chi connectivity index (χ1) is 7.81. The maximum atomic E-state index is 8.43. The molecule has 0 saturated carbocycles. The Labute approximate surface area is 102 Å². The fourth-order valence-electron chi connectivity index (χ4n) is 1.63. The molecule has 0 unspecified atom stereocenters. The predicted octanol–water partition coefficient (Wildman–Crippen LogP) is 3.40. The Morgan fingerprint density at radius 2 is 2.25 bits per heavy atom. The van der Waals surface area contributed by atoms with Gasteiger partial charge in [-0.25, -0.2) is 0 Å². The van der Waals surface area contributed by atoms with E-state index in [9.17, 15) is 0 Å². The molecule has 0 bridgehead atoms. The van der Waals surface area contributed by atoms with Gasteiger partial charge in [0.2, 0.25) is 0 Å². The van der Waals surface area contributed by atoms with E-state index in [1.54, 1.807) is 7.11 Å². The Bertz CT molecular complexity index is 371. The maximum absolute atomic E-state index is 8.43. The standard InChI is InChI=1S/C13H17NOS/c1-3-11-6-7-13(15-2)12(9-11)5-4-8-16-10-14/h6-7,9H,3-5,8H2,1-2H3. The van der Waals surface area contributed by atoms with E-state index in [0.717, 1.165) is 30.8 Å². The van der Waals surface area contributed by atoms with Gasteiger partial charge in [0.15, 0.2) is 0 Å². The van der Waals surface area contributed by atoms with Crippen LogP contribution in [0, 0.1) is 10.7 Å². The highest BCUT2D eigenvalue weighted by Crippen LogP contribution is 2.22. The van der Waals surface area contributed by atoms with E-state index in [0.29, 0.717) is 0 Å². The van der Waals surface area contributed by atoms with Crippen LogP contribution < -0.4 is 4.74 Å². The van der Waals surface area contributed by atoms with Gasteiger partial charge in [-0.1, -0.05) is 19.1 Å². The first kappa shape index (κ1) is 12.9. The molecule has 86 valence electrons. The molecule has 0 fully saturated rings. The molecule has 0 radical (unpaired) electrons. The normalized spacial score (nSPS) is 9.81. The molecule has 0 atom stereocenters. The summed E-state index contributed by atoms with van der Waals surface area (Å²) in [6.07, 6.45) is 3.04. The van der Waals surface area contributed by atoms with Gasteiger partial charge >= 0.3 is 0 Å². The molecular formula is C13H17NOS. The van der Waals surface area contributed by atoms with E-state index in [1.807, 2.05) is 6.07 Å². The minimum Gasteiger partial charge on any atom is -0.496 e. The number of thioether (sulfide) groups is 1. The molecule has 2 nitrogen and oxygen atoms in total. The second-order valence-corrected chi connectivity index (χ2v) is 4.42. The van der Waals surface area contributed by atoms with Gasteiger partial charge in [0, 0.05) is 5.75 Å². The number of nitrogens with zero attached hydrogens (tertiary/aromatic N) is 1. The van der Waals surface area contributed by atoms with Gasteiger partial charge in [-0.3, -0.25) is 0 Å². The molecule has 0 amide bonds. The number of thiocyanates is 1. The Morgan fingerprint density at radius 3 is 2.88 bits per heavy atom. The van der Waals surface area contributed by atoms with Crippen LogP contribution in [0.1, 0.15) is 24.5 Å². The topological polar surface area (TPSA) is 33.0 Å². The van der Waals surface area contributed by atoms with Crippen LogP contribution in [0.3, 0.4) is 0 Å². The Kier molecular flexibility index (Phi) is 5.81. The summed E-state index contributed by atoms with van der Waals surface area (Å²) in [7, 11) is 1.70. The second kappa shape index (κ2) is 7.19. The van der Waals surface area contributed by atoms with Crippen molar-refractivity contribution in [2.75, 3.05) is 12.9 Å². The Hall–Kier alpha value is -1.14. The first-order valence-corrected chi connectivity index (χ1v) is 6.47. The third-order valence-electron chi connectivity index (χ3n) is 2.51. The quantitative estimate of drug-likeness (QED) is 0.559. The van der Waals surface area contributed by atoms with Crippen molar-refractivity contribution in [3.63, 3.8) is 0 Å². The van der Waals surface area contributed by atoms with Crippen LogP contribution in [-0.4, -0.2) is 12.9 Å². The van der Waals surface area contributed by atoms with Crippen molar-refractivity contribution in [2.24, 2.45) is 0 Å². The van der Waals surface area contributed by atoms with Gasteiger partial charge in [-0.05, 0) is 48.2 Å². The smallest absolute Gasteiger partial charge is 0.133 e. The summed E-state index contributed by atoms with van der Waals surface area (Å²) in [6.45, 7) is 2.15. The summed E-state index contributed by atoms with van der Waals surface area (Å²) in [5.41, 5.74) is 2.59. The number of hydrogen-bond acceptors (Lipinski definition) is 3. The lowest BCUT2D eigenvalue weighted by molar-refractivity contribution is 0.409. The lowest BCUT2D eigenvalue weighted by Gasteiger charge is -2.09. The van der Waals surface area contributed by atoms with E-state index in [1.165, 1.54) is 22.9 Å². The summed E-state index contributed by atoms with van der Waals surface area (Å²) < 4.78 is 5.33. The first-order valence-electron chi connectivity index (χ1n) is 5.48. The lowest BCUT2D eigenvalue weighted by atomic mass is 10.0. The van der Waals surface area contributed by atoms with Crippen molar-refractivity contribution in [3.05, 3.63) is 29.3 Å². The fraction of sp³-hybridized carbons (Fsp3) is 0.462. The average Bonchev–Trinajstić information content (AvgIpc) is 2.34. The van der Waals surface area contributed by atoms with Crippen LogP contribution in [0.15, 0.2) is 18.2 Å². The van der Waals surface area contributed by atoms with Crippen molar-refractivity contribution < 1.29 is 4.74 Å². The molecule has 16 heavy (non-hydrogen) atoms. The molecule has 0 aliphatic rings. The van der Waals surface area contributed by atoms with Crippen molar-refractivity contribution in [1.82, 2.24) is 0 Å². The van der Waals surface area contributed by atoms with E-state index in [-0.39, 0.29) is 0 Å². The zero-order valence-corrected chi connectivity index (χ0v) is 10.6. The summed E-state index contributed by atoms with van der Waals surface area (Å²) in [6, 6.07) is 6.34. The number of aryl methyl sites for hydroxylation is 2. The minimum atomic E-state index is 0.885. The van der Waals surface area contributed by atoms with Crippen LogP contribution in [0.4, 0.5) is 0 Å². The van der Waals surface area contributed by atoms with Gasteiger partial charge in [-0.15, -0.1) is 0 Å².